The van der Waals surface area contributed by atoms with Crippen LogP contribution in [0.4, 0.5) is 11.4 Å². The van der Waals surface area contributed by atoms with E-state index in [0.29, 0.717) is 12.0 Å². The van der Waals surface area contributed by atoms with Crippen molar-refractivity contribution >= 4 is 21.4 Å². The molecule has 0 spiro atoms. The highest BCUT2D eigenvalue weighted by atomic mass is 32.2. The second-order valence-electron chi connectivity index (χ2n) is 3.93. The van der Waals surface area contributed by atoms with Crippen LogP contribution in [0.1, 0.15) is 18.9 Å². The maximum Gasteiger partial charge on any atom is 0.295 e. The van der Waals surface area contributed by atoms with Crippen LogP contribution >= 0.6 is 0 Å². The zero-order valence-corrected chi connectivity index (χ0v) is 11.5. The summed E-state index contributed by atoms with van der Waals surface area (Å²) in [7, 11) is -3.76. The number of nitrogens with one attached hydrogen (secondary N) is 2. The second-order valence-corrected chi connectivity index (χ2v) is 5.67. The van der Waals surface area contributed by atoms with Gasteiger partial charge in [0.1, 0.15) is 5.69 Å². The van der Waals surface area contributed by atoms with E-state index in [4.69, 9.17) is 5.84 Å². The Balaban J connectivity index is 3.37. The summed E-state index contributed by atoms with van der Waals surface area (Å²) in [6, 6.07) is 2.33. The van der Waals surface area contributed by atoms with Gasteiger partial charge in [0.2, 0.25) is 10.0 Å². The van der Waals surface area contributed by atoms with Crippen LogP contribution in [-0.2, 0) is 10.0 Å². The van der Waals surface area contributed by atoms with Gasteiger partial charge in [0, 0.05) is 12.6 Å². The van der Waals surface area contributed by atoms with E-state index in [-0.39, 0.29) is 22.8 Å². The molecule has 1 aromatic rings. The first-order valence-corrected chi connectivity index (χ1v) is 7.07. The van der Waals surface area contributed by atoms with Crippen molar-refractivity contribution in [1.29, 1.82) is 0 Å². The van der Waals surface area contributed by atoms with E-state index in [1.807, 2.05) is 6.92 Å². The molecule has 106 valence electrons. The summed E-state index contributed by atoms with van der Waals surface area (Å²) in [5, 5.41) is 10.9. The summed E-state index contributed by atoms with van der Waals surface area (Å²) in [6.07, 6.45) is 0.628. The molecule has 0 unspecified atom stereocenters. The van der Waals surface area contributed by atoms with Crippen molar-refractivity contribution in [1.82, 2.24) is 4.72 Å². The molecule has 0 aliphatic rings. The van der Waals surface area contributed by atoms with Crippen LogP contribution in [0, 0.1) is 17.0 Å². The first kappa shape index (κ1) is 15.3. The number of hydrogen-bond acceptors (Lipinski definition) is 6. The van der Waals surface area contributed by atoms with Gasteiger partial charge in [-0.2, -0.15) is 0 Å². The Kier molecular flexibility index (Phi) is 4.81. The molecular formula is C10H16N4O4S. The molecular weight excluding hydrogens is 272 g/mol. The molecule has 4 N–H and O–H groups in total. The Morgan fingerprint density at radius 1 is 1.42 bits per heavy atom. The monoisotopic (exact) mass is 288 g/mol. The highest BCUT2D eigenvalue weighted by Gasteiger charge is 2.23. The Hall–Kier alpha value is -1.71. The number of nitrogen functional groups attached to an aromatic ring is 1. The van der Waals surface area contributed by atoms with Crippen molar-refractivity contribution in [2.24, 2.45) is 5.84 Å². The molecule has 0 bridgehead atoms. The number of rotatable bonds is 6. The highest BCUT2D eigenvalue weighted by Crippen LogP contribution is 2.29. The minimum Gasteiger partial charge on any atom is -0.318 e. The maximum absolute atomic E-state index is 12.0. The Labute approximate surface area is 111 Å². The standard InChI is InChI=1S/C10H16N4O4S/c1-3-4-12-19(17,18)10-6-9(14(15)16)8(13-11)5-7(10)2/h5-6,12-13H,3-4,11H2,1-2H3. The van der Waals surface area contributed by atoms with E-state index in [1.165, 1.54) is 6.07 Å². The van der Waals surface area contributed by atoms with Gasteiger partial charge in [-0.05, 0) is 25.0 Å². The summed E-state index contributed by atoms with van der Waals surface area (Å²) >= 11 is 0. The van der Waals surface area contributed by atoms with Gasteiger partial charge in [-0.3, -0.25) is 16.0 Å². The molecule has 1 aromatic carbocycles. The molecule has 0 heterocycles. The normalized spacial score (nSPS) is 11.3. The van der Waals surface area contributed by atoms with Gasteiger partial charge < -0.3 is 5.43 Å². The van der Waals surface area contributed by atoms with Crippen molar-refractivity contribution in [3.63, 3.8) is 0 Å². The van der Waals surface area contributed by atoms with E-state index in [2.05, 4.69) is 10.1 Å². The van der Waals surface area contributed by atoms with E-state index in [9.17, 15) is 18.5 Å². The third kappa shape index (κ3) is 3.40. The third-order valence-electron chi connectivity index (χ3n) is 2.48. The Morgan fingerprint density at radius 2 is 2.05 bits per heavy atom. The molecule has 9 heteroatoms. The summed E-state index contributed by atoms with van der Waals surface area (Å²) in [6.45, 7) is 3.64. The zero-order chi connectivity index (χ0) is 14.6. The van der Waals surface area contributed by atoms with Gasteiger partial charge in [0.05, 0.1) is 9.82 Å². The average molecular weight is 288 g/mol. The highest BCUT2D eigenvalue weighted by molar-refractivity contribution is 7.89. The number of nitro benzene ring substituents is 1. The first-order valence-electron chi connectivity index (χ1n) is 5.58. The SMILES string of the molecule is CCCNS(=O)(=O)c1cc([N+](=O)[O-])c(NN)cc1C. The molecule has 0 fully saturated rings. The fourth-order valence-corrected chi connectivity index (χ4v) is 2.93. The minimum absolute atomic E-state index is 0.0666. The lowest BCUT2D eigenvalue weighted by molar-refractivity contribution is -0.384. The second kappa shape index (κ2) is 5.95. The molecule has 0 saturated carbocycles. The van der Waals surface area contributed by atoms with Gasteiger partial charge in [-0.25, -0.2) is 13.1 Å². The third-order valence-corrected chi connectivity index (χ3v) is 4.08. The summed E-state index contributed by atoms with van der Waals surface area (Å²) < 4.78 is 26.4. The van der Waals surface area contributed by atoms with Crippen molar-refractivity contribution in [2.45, 2.75) is 25.2 Å². The molecule has 1 rings (SSSR count). The van der Waals surface area contributed by atoms with Gasteiger partial charge >= 0.3 is 0 Å². The van der Waals surface area contributed by atoms with Crippen LogP contribution in [0.15, 0.2) is 17.0 Å². The van der Waals surface area contributed by atoms with Gasteiger partial charge in [-0.1, -0.05) is 6.92 Å². The number of benzene rings is 1. The lowest BCUT2D eigenvalue weighted by Crippen LogP contribution is -2.25. The number of hydrazine groups is 1. The van der Waals surface area contributed by atoms with Gasteiger partial charge in [0.15, 0.2) is 0 Å². The fraction of sp³-hybridized carbons (Fsp3) is 0.400. The average Bonchev–Trinajstić information content (AvgIpc) is 2.35. The van der Waals surface area contributed by atoms with Crippen LogP contribution in [0.2, 0.25) is 0 Å². The predicted octanol–water partition coefficient (Wildman–Crippen LogP) is 0.877. The zero-order valence-electron chi connectivity index (χ0n) is 10.6. The lowest BCUT2D eigenvalue weighted by atomic mass is 10.2. The smallest absolute Gasteiger partial charge is 0.295 e. The molecule has 0 saturated heterocycles. The number of nitro groups is 1. The molecule has 0 aliphatic heterocycles. The van der Waals surface area contributed by atoms with Crippen LogP contribution in [0.3, 0.4) is 0 Å². The van der Waals surface area contributed by atoms with Crippen LogP contribution in [0.5, 0.6) is 0 Å². The first-order chi connectivity index (χ1) is 8.83. The van der Waals surface area contributed by atoms with Crippen LogP contribution in [-0.4, -0.2) is 19.9 Å². The quantitative estimate of drug-likeness (QED) is 0.405. The predicted molar refractivity (Wildman–Crippen MR) is 71.1 cm³/mol. The summed E-state index contributed by atoms with van der Waals surface area (Å²) in [5.41, 5.74) is 2.24. The molecule has 19 heavy (non-hydrogen) atoms. The maximum atomic E-state index is 12.0. The summed E-state index contributed by atoms with van der Waals surface area (Å²) in [5.74, 6) is 5.18. The van der Waals surface area contributed by atoms with Crippen LogP contribution in [0.25, 0.3) is 0 Å². The van der Waals surface area contributed by atoms with Crippen LogP contribution < -0.4 is 16.0 Å². The van der Waals surface area contributed by atoms with Crippen molar-refractivity contribution in [2.75, 3.05) is 12.0 Å². The number of hydrogen-bond donors (Lipinski definition) is 3. The number of anilines is 1. The number of aryl methyl sites for hydroxylation is 1. The van der Waals surface area contributed by atoms with E-state index in [0.717, 1.165) is 6.07 Å². The van der Waals surface area contributed by atoms with E-state index in [1.54, 1.807) is 6.92 Å². The fourth-order valence-electron chi connectivity index (χ4n) is 1.55. The molecule has 0 amide bonds. The topological polar surface area (TPSA) is 127 Å². The van der Waals surface area contributed by atoms with Gasteiger partial charge in [-0.15, -0.1) is 0 Å². The molecule has 0 aliphatic carbocycles. The Bertz CT molecular complexity index is 585. The van der Waals surface area contributed by atoms with Crippen molar-refractivity contribution < 1.29 is 13.3 Å². The lowest BCUT2D eigenvalue weighted by Gasteiger charge is -2.10. The van der Waals surface area contributed by atoms with E-state index < -0.39 is 14.9 Å². The molecule has 8 nitrogen and oxygen atoms in total. The van der Waals surface area contributed by atoms with Crippen molar-refractivity contribution in [3.05, 3.63) is 27.8 Å². The number of nitrogens with two attached hydrogens (primary N) is 1. The molecule has 0 aromatic heterocycles. The largest absolute Gasteiger partial charge is 0.318 e. The van der Waals surface area contributed by atoms with Crippen molar-refractivity contribution in [3.8, 4) is 0 Å². The van der Waals surface area contributed by atoms with Gasteiger partial charge in [0.25, 0.3) is 5.69 Å². The summed E-state index contributed by atoms with van der Waals surface area (Å²) in [4.78, 5) is 10.1. The number of sulfonamides is 1. The number of nitrogens with zero attached hydrogens (tertiary/aromatic N) is 1. The molecule has 0 radical (unpaired) electrons. The minimum atomic E-state index is -3.76. The molecule has 0 atom stereocenters. The Morgan fingerprint density at radius 3 is 2.53 bits per heavy atom. The van der Waals surface area contributed by atoms with E-state index >= 15 is 0 Å².